The van der Waals surface area contributed by atoms with E-state index in [0.29, 0.717) is 11.1 Å². The fraction of sp³-hybridized carbons (Fsp3) is 0.0556. The average Bonchev–Trinajstić information content (AvgIpc) is 2.54. The predicted octanol–water partition coefficient (Wildman–Crippen LogP) is 4.15. The van der Waals surface area contributed by atoms with Crippen LogP contribution in [0.2, 0.25) is 0 Å². The van der Waals surface area contributed by atoms with Gasteiger partial charge in [0.15, 0.2) is 11.6 Å². The topological polar surface area (TPSA) is 46.5 Å². The first-order valence-electron chi connectivity index (χ1n) is 6.72. The van der Waals surface area contributed by atoms with E-state index >= 15 is 0 Å². The van der Waals surface area contributed by atoms with Crippen LogP contribution in [0.1, 0.15) is 11.1 Å². The minimum atomic E-state index is -1.13. The molecule has 2 aromatic rings. The van der Waals surface area contributed by atoms with Crippen LogP contribution >= 0.6 is 0 Å². The number of aliphatic carboxylic acids is 1. The summed E-state index contributed by atoms with van der Waals surface area (Å²) < 4.78 is 31.1. The standard InChI is InChI=1S/C18H14F2O3/c1-23-17-11-12(5-10-16(17)20)3-2-4-15(18(21)22)13-6-8-14(19)9-7-13/h2-11H,1H3,(H,21,22)/b3-2+,15-4+. The highest BCUT2D eigenvalue weighted by Crippen LogP contribution is 2.20. The van der Waals surface area contributed by atoms with E-state index in [1.807, 2.05) is 0 Å². The normalized spacial score (nSPS) is 11.7. The molecule has 1 N–H and O–H groups in total. The second kappa shape index (κ2) is 7.35. The van der Waals surface area contributed by atoms with Crippen molar-refractivity contribution >= 4 is 17.6 Å². The Morgan fingerprint density at radius 1 is 1.13 bits per heavy atom. The third-order valence-electron chi connectivity index (χ3n) is 3.11. The molecule has 5 heteroatoms. The quantitative estimate of drug-likeness (QED) is 0.665. The second-order valence-corrected chi connectivity index (χ2v) is 4.65. The van der Waals surface area contributed by atoms with Gasteiger partial charge in [-0.15, -0.1) is 0 Å². The lowest BCUT2D eigenvalue weighted by Gasteiger charge is -2.03. The maximum Gasteiger partial charge on any atom is 0.336 e. The Bertz CT molecular complexity index is 762. The minimum absolute atomic E-state index is 0.0235. The number of allylic oxidation sites excluding steroid dienone is 2. The van der Waals surface area contributed by atoms with Crippen molar-refractivity contribution in [3.05, 3.63) is 77.4 Å². The lowest BCUT2D eigenvalue weighted by molar-refractivity contribution is -0.130. The molecule has 0 aromatic heterocycles. The number of hydrogen-bond acceptors (Lipinski definition) is 2. The van der Waals surface area contributed by atoms with E-state index in [9.17, 15) is 18.7 Å². The van der Waals surface area contributed by atoms with Crippen molar-refractivity contribution in [2.45, 2.75) is 0 Å². The highest BCUT2D eigenvalue weighted by molar-refractivity contribution is 6.15. The van der Waals surface area contributed by atoms with Gasteiger partial charge in [0, 0.05) is 0 Å². The summed E-state index contributed by atoms with van der Waals surface area (Å²) in [5.74, 6) is -1.93. The van der Waals surface area contributed by atoms with Gasteiger partial charge in [0.05, 0.1) is 12.7 Å². The number of ether oxygens (including phenoxy) is 1. The number of carboxylic acid groups (broad SMARTS) is 1. The SMILES string of the molecule is COc1cc(/C=C/C=C(/C(=O)O)c2ccc(F)cc2)ccc1F. The van der Waals surface area contributed by atoms with Gasteiger partial charge in [-0.1, -0.05) is 30.4 Å². The fourth-order valence-electron chi connectivity index (χ4n) is 1.96. The average molecular weight is 316 g/mol. The van der Waals surface area contributed by atoms with Gasteiger partial charge in [0.25, 0.3) is 0 Å². The van der Waals surface area contributed by atoms with Crippen LogP contribution in [0.25, 0.3) is 11.6 Å². The van der Waals surface area contributed by atoms with Crippen molar-refractivity contribution in [1.29, 1.82) is 0 Å². The molecular weight excluding hydrogens is 302 g/mol. The van der Waals surface area contributed by atoms with E-state index in [2.05, 4.69) is 0 Å². The van der Waals surface area contributed by atoms with Crippen LogP contribution in [0.15, 0.2) is 54.6 Å². The molecule has 0 amide bonds. The predicted molar refractivity (Wildman–Crippen MR) is 84.0 cm³/mol. The van der Waals surface area contributed by atoms with Crippen LogP contribution in [-0.2, 0) is 4.79 Å². The van der Waals surface area contributed by atoms with Crippen LogP contribution in [0, 0.1) is 11.6 Å². The molecule has 0 saturated heterocycles. The summed E-state index contributed by atoms with van der Waals surface area (Å²) in [7, 11) is 1.36. The molecule has 3 nitrogen and oxygen atoms in total. The zero-order valence-electron chi connectivity index (χ0n) is 12.3. The van der Waals surface area contributed by atoms with Gasteiger partial charge >= 0.3 is 5.97 Å². The van der Waals surface area contributed by atoms with Crippen LogP contribution in [-0.4, -0.2) is 18.2 Å². The van der Waals surface area contributed by atoms with E-state index in [1.165, 1.54) is 55.7 Å². The Hall–Kier alpha value is -2.95. The van der Waals surface area contributed by atoms with Crippen LogP contribution in [0.3, 0.4) is 0 Å². The first kappa shape index (κ1) is 16.4. The van der Waals surface area contributed by atoms with Crippen LogP contribution in [0.4, 0.5) is 8.78 Å². The molecular formula is C18H14F2O3. The third kappa shape index (κ3) is 4.26. The molecule has 0 aliphatic carbocycles. The number of benzene rings is 2. The molecule has 2 rings (SSSR count). The summed E-state index contributed by atoms with van der Waals surface area (Å²) in [6.45, 7) is 0. The molecule has 0 heterocycles. The molecule has 23 heavy (non-hydrogen) atoms. The van der Waals surface area contributed by atoms with E-state index < -0.39 is 17.6 Å². The van der Waals surface area contributed by atoms with E-state index in [1.54, 1.807) is 12.1 Å². The summed E-state index contributed by atoms with van der Waals surface area (Å²) >= 11 is 0. The molecule has 2 aromatic carbocycles. The Morgan fingerprint density at radius 3 is 2.43 bits per heavy atom. The zero-order valence-corrected chi connectivity index (χ0v) is 12.3. The van der Waals surface area contributed by atoms with Gasteiger partial charge in [-0.05, 0) is 41.5 Å². The molecule has 0 aliphatic rings. The second-order valence-electron chi connectivity index (χ2n) is 4.65. The monoisotopic (exact) mass is 316 g/mol. The number of rotatable bonds is 5. The van der Waals surface area contributed by atoms with Crippen molar-refractivity contribution < 1.29 is 23.4 Å². The van der Waals surface area contributed by atoms with Crippen molar-refractivity contribution in [3.8, 4) is 5.75 Å². The Morgan fingerprint density at radius 2 is 1.83 bits per heavy atom. The van der Waals surface area contributed by atoms with Gasteiger partial charge in [-0.3, -0.25) is 0 Å². The summed E-state index contributed by atoms with van der Waals surface area (Å²) in [4.78, 5) is 11.3. The summed E-state index contributed by atoms with van der Waals surface area (Å²) in [5, 5.41) is 9.25. The smallest absolute Gasteiger partial charge is 0.336 e. The summed E-state index contributed by atoms with van der Waals surface area (Å²) in [6.07, 6.45) is 4.54. The first-order valence-corrected chi connectivity index (χ1v) is 6.72. The van der Waals surface area contributed by atoms with E-state index in [0.717, 1.165) is 0 Å². The molecule has 0 atom stereocenters. The molecule has 118 valence electrons. The molecule has 0 aliphatic heterocycles. The van der Waals surface area contributed by atoms with Gasteiger partial charge < -0.3 is 9.84 Å². The highest BCUT2D eigenvalue weighted by Gasteiger charge is 2.09. The summed E-state index contributed by atoms with van der Waals surface area (Å²) in [5.41, 5.74) is 1.07. The third-order valence-corrected chi connectivity index (χ3v) is 3.11. The van der Waals surface area contributed by atoms with E-state index in [-0.39, 0.29) is 11.3 Å². The minimum Gasteiger partial charge on any atom is -0.494 e. The summed E-state index contributed by atoms with van der Waals surface area (Å²) in [6, 6.07) is 9.48. The van der Waals surface area contributed by atoms with Gasteiger partial charge in [-0.2, -0.15) is 0 Å². The Labute approximate surface area is 132 Å². The molecule has 0 saturated carbocycles. The van der Waals surface area contributed by atoms with Crippen molar-refractivity contribution in [2.24, 2.45) is 0 Å². The Balaban J connectivity index is 2.27. The number of carbonyl (C=O) groups is 1. The largest absolute Gasteiger partial charge is 0.494 e. The van der Waals surface area contributed by atoms with Gasteiger partial charge in [-0.25, -0.2) is 13.6 Å². The number of carboxylic acids is 1. The van der Waals surface area contributed by atoms with E-state index in [4.69, 9.17) is 4.74 Å². The number of halogens is 2. The molecule has 0 unspecified atom stereocenters. The lowest BCUT2D eigenvalue weighted by Crippen LogP contribution is -1.99. The van der Waals surface area contributed by atoms with Crippen molar-refractivity contribution in [1.82, 2.24) is 0 Å². The molecule has 0 bridgehead atoms. The zero-order chi connectivity index (χ0) is 16.8. The van der Waals surface area contributed by atoms with Crippen LogP contribution in [0.5, 0.6) is 5.75 Å². The van der Waals surface area contributed by atoms with Crippen LogP contribution < -0.4 is 4.74 Å². The molecule has 0 fully saturated rings. The lowest BCUT2D eigenvalue weighted by atomic mass is 10.1. The van der Waals surface area contributed by atoms with Crippen molar-refractivity contribution in [2.75, 3.05) is 7.11 Å². The van der Waals surface area contributed by atoms with Crippen molar-refractivity contribution in [3.63, 3.8) is 0 Å². The van der Waals surface area contributed by atoms with Gasteiger partial charge in [0.2, 0.25) is 0 Å². The fourth-order valence-corrected chi connectivity index (χ4v) is 1.96. The number of hydrogen-bond donors (Lipinski definition) is 1. The van der Waals surface area contributed by atoms with Gasteiger partial charge in [0.1, 0.15) is 5.82 Å². The maximum absolute atomic E-state index is 13.3. The highest BCUT2D eigenvalue weighted by atomic mass is 19.1. The number of methoxy groups -OCH3 is 1. The first-order chi connectivity index (χ1) is 11.0. The molecule has 0 radical (unpaired) electrons. The Kier molecular flexibility index (Phi) is 5.25. The molecule has 0 spiro atoms. The maximum atomic E-state index is 13.3.